The predicted molar refractivity (Wildman–Crippen MR) is 134 cm³/mol. The van der Waals surface area contributed by atoms with Crippen LogP contribution in [0.15, 0.2) is 48.0 Å². The molecule has 4 amide bonds. The number of amides is 4. The van der Waals surface area contributed by atoms with E-state index < -0.39 is 17.8 Å². The van der Waals surface area contributed by atoms with Gasteiger partial charge in [0.05, 0.1) is 17.8 Å². The number of hydrogen-bond acceptors (Lipinski definition) is 5. The molecule has 0 saturated carbocycles. The smallest absolute Gasteiger partial charge is 0.335 e. The second-order valence-corrected chi connectivity index (χ2v) is 9.22. The molecule has 0 aromatic heterocycles. The Morgan fingerprint density at radius 3 is 2.44 bits per heavy atom. The highest BCUT2D eigenvalue weighted by Crippen LogP contribution is 2.41. The van der Waals surface area contributed by atoms with Crippen LogP contribution < -0.4 is 19.9 Å². The molecule has 2 aromatic rings. The van der Waals surface area contributed by atoms with E-state index in [1.54, 1.807) is 24.3 Å². The summed E-state index contributed by atoms with van der Waals surface area (Å²) in [6.07, 6.45) is 3.59. The quantitative estimate of drug-likeness (QED) is 0.491. The van der Waals surface area contributed by atoms with Gasteiger partial charge in [0.25, 0.3) is 11.8 Å². The third-order valence-electron chi connectivity index (χ3n) is 6.14. The molecule has 1 fully saturated rings. The predicted octanol–water partition coefficient (Wildman–Crippen LogP) is 5.04. The lowest BCUT2D eigenvalue weighted by molar-refractivity contribution is -0.122. The van der Waals surface area contributed by atoms with Crippen molar-refractivity contribution in [2.45, 2.75) is 33.2 Å². The van der Waals surface area contributed by atoms with E-state index in [-0.39, 0.29) is 11.1 Å². The lowest BCUT2D eigenvalue weighted by atomic mass is 9.88. The zero-order valence-electron chi connectivity index (χ0n) is 19.7. The third kappa shape index (κ3) is 4.07. The number of anilines is 2. The standard InChI is InChI=1S/C26H26ClN3O4/c1-6-34-18-9-7-17(8-10-18)30-24(32)20(23(31)28-25(30)33)12-16-11-19-15(2)14-26(3,4)29(5)22(19)13-21(16)27/h7-14H,6H2,1-5H3,(H,28,31,33)/b20-12+. The fraction of sp³-hybridized carbons (Fsp3) is 0.269. The van der Waals surface area contributed by atoms with E-state index in [0.717, 1.165) is 21.7 Å². The van der Waals surface area contributed by atoms with Crippen molar-refractivity contribution in [3.8, 4) is 5.75 Å². The molecule has 2 aromatic carbocycles. The Bertz CT molecular complexity index is 1260. The molecule has 2 aliphatic rings. The molecule has 0 bridgehead atoms. The van der Waals surface area contributed by atoms with E-state index in [1.807, 2.05) is 33.0 Å². The molecule has 7 nitrogen and oxygen atoms in total. The molecule has 34 heavy (non-hydrogen) atoms. The normalized spacial score (nSPS) is 18.6. The van der Waals surface area contributed by atoms with E-state index in [2.05, 4.69) is 30.1 Å². The number of barbiturate groups is 1. The number of hydrogen-bond donors (Lipinski definition) is 1. The summed E-state index contributed by atoms with van der Waals surface area (Å²) in [5, 5.41) is 2.64. The molecule has 0 unspecified atom stereocenters. The Morgan fingerprint density at radius 1 is 1.12 bits per heavy atom. The molecule has 1 N–H and O–H groups in total. The Labute approximate surface area is 203 Å². The van der Waals surface area contributed by atoms with Gasteiger partial charge in [0.2, 0.25) is 0 Å². The molecular formula is C26H26ClN3O4. The fourth-order valence-corrected chi connectivity index (χ4v) is 4.42. The molecule has 2 aliphatic heterocycles. The summed E-state index contributed by atoms with van der Waals surface area (Å²) in [4.78, 5) is 41.4. The fourth-order valence-electron chi connectivity index (χ4n) is 4.20. The highest BCUT2D eigenvalue weighted by molar-refractivity contribution is 6.40. The molecule has 0 atom stereocenters. The maximum Gasteiger partial charge on any atom is 0.335 e. The van der Waals surface area contributed by atoms with Gasteiger partial charge in [0, 0.05) is 23.3 Å². The second-order valence-electron chi connectivity index (χ2n) is 8.82. The van der Waals surface area contributed by atoms with Gasteiger partial charge < -0.3 is 9.64 Å². The van der Waals surface area contributed by atoms with Gasteiger partial charge >= 0.3 is 6.03 Å². The molecule has 0 spiro atoms. The maximum absolute atomic E-state index is 13.2. The topological polar surface area (TPSA) is 79.0 Å². The van der Waals surface area contributed by atoms with Crippen molar-refractivity contribution in [1.29, 1.82) is 0 Å². The average molecular weight is 480 g/mol. The largest absolute Gasteiger partial charge is 0.494 e. The van der Waals surface area contributed by atoms with Crippen LogP contribution in [-0.4, -0.2) is 37.0 Å². The van der Waals surface area contributed by atoms with Crippen LogP contribution in [0.2, 0.25) is 5.02 Å². The van der Waals surface area contributed by atoms with Gasteiger partial charge in [-0.3, -0.25) is 14.9 Å². The molecular weight excluding hydrogens is 454 g/mol. The van der Waals surface area contributed by atoms with Gasteiger partial charge in [-0.05, 0) is 81.3 Å². The van der Waals surface area contributed by atoms with Crippen LogP contribution in [0.25, 0.3) is 11.6 Å². The van der Waals surface area contributed by atoms with Crippen LogP contribution in [0, 0.1) is 0 Å². The summed E-state index contributed by atoms with van der Waals surface area (Å²) in [5.74, 6) is -0.880. The number of rotatable bonds is 4. The van der Waals surface area contributed by atoms with Crippen molar-refractivity contribution in [1.82, 2.24) is 5.32 Å². The van der Waals surface area contributed by atoms with Crippen LogP contribution >= 0.6 is 11.6 Å². The minimum Gasteiger partial charge on any atom is -0.494 e. The molecule has 2 heterocycles. The number of fused-ring (bicyclic) bond motifs is 1. The number of ether oxygens (including phenoxy) is 1. The highest BCUT2D eigenvalue weighted by Gasteiger charge is 2.37. The summed E-state index contributed by atoms with van der Waals surface area (Å²) >= 11 is 6.58. The zero-order valence-corrected chi connectivity index (χ0v) is 20.5. The highest BCUT2D eigenvalue weighted by atomic mass is 35.5. The average Bonchev–Trinajstić information content (AvgIpc) is 2.76. The van der Waals surface area contributed by atoms with Crippen molar-refractivity contribution >= 4 is 52.5 Å². The minimum absolute atomic E-state index is 0.179. The Morgan fingerprint density at radius 2 is 1.79 bits per heavy atom. The number of halogens is 1. The minimum atomic E-state index is -0.810. The zero-order chi connectivity index (χ0) is 24.8. The molecule has 8 heteroatoms. The van der Waals surface area contributed by atoms with Crippen molar-refractivity contribution < 1.29 is 19.1 Å². The van der Waals surface area contributed by atoms with Gasteiger partial charge in [-0.2, -0.15) is 0 Å². The number of carbonyl (C=O) groups excluding carboxylic acids is 3. The first-order chi connectivity index (χ1) is 16.0. The number of imide groups is 2. The number of likely N-dealkylation sites (N-methyl/N-ethyl adjacent to an activating group) is 1. The first-order valence-electron chi connectivity index (χ1n) is 10.9. The molecule has 4 rings (SSSR count). The van der Waals surface area contributed by atoms with E-state index in [1.165, 1.54) is 6.08 Å². The van der Waals surface area contributed by atoms with Crippen LogP contribution in [-0.2, 0) is 9.59 Å². The molecule has 176 valence electrons. The number of benzene rings is 2. The first kappa shape index (κ1) is 23.6. The summed E-state index contributed by atoms with van der Waals surface area (Å²) in [6.45, 7) is 8.60. The summed E-state index contributed by atoms with van der Waals surface area (Å²) in [7, 11) is 1.99. The Hall–Kier alpha value is -3.58. The second kappa shape index (κ2) is 8.65. The monoisotopic (exact) mass is 479 g/mol. The van der Waals surface area contributed by atoms with Crippen molar-refractivity contribution in [3.05, 3.63) is 64.2 Å². The van der Waals surface area contributed by atoms with Crippen LogP contribution in [0.1, 0.15) is 38.8 Å². The SMILES string of the molecule is CCOc1ccc(N2C(=O)NC(=O)/C(=C\c3cc4c(cc3Cl)N(C)C(C)(C)C=C4C)C2=O)cc1. The molecule has 0 aliphatic carbocycles. The Kier molecular flexibility index (Phi) is 6.00. The van der Waals surface area contributed by atoms with Gasteiger partial charge in [-0.1, -0.05) is 17.7 Å². The third-order valence-corrected chi connectivity index (χ3v) is 6.47. The van der Waals surface area contributed by atoms with Crippen molar-refractivity contribution in [2.24, 2.45) is 0 Å². The van der Waals surface area contributed by atoms with Crippen LogP contribution in [0.5, 0.6) is 5.75 Å². The lowest BCUT2D eigenvalue weighted by Gasteiger charge is -2.40. The number of carbonyl (C=O) groups is 3. The number of nitrogens with one attached hydrogen (secondary N) is 1. The summed E-state index contributed by atoms with van der Waals surface area (Å²) < 4.78 is 5.41. The number of nitrogens with zero attached hydrogens (tertiary/aromatic N) is 2. The van der Waals surface area contributed by atoms with E-state index in [4.69, 9.17) is 16.3 Å². The van der Waals surface area contributed by atoms with Crippen LogP contribution in [0.4, 0.5) is 16.2 Å². The van der Waals surface area contributed by atoms with Gasteiger partial charge in [0.15, 0.2) is 0 Å². The Balaban J connectivity index is 1.74. The summed E-state index contributed by atoms with van der Waals surface area (Å²) in [6, 6.07) is 9.39. The first-order valence-corrected chi connectivity index (χ1v) is 11.3. The van der Waals surface area contributed by atoms with Gasteiger partial charge in [0.1, 0.15) is 11.3 Å². The van der Waals surface area contributed by atoms with Gasteiger partial charge in [-0.25, -0.2) is 9.69 Å². The van der Waals surface area contributed by atoms with Gasteiger partial charge in [-0.15, -0.1) is 0 Å². The number of allylic oxidation sites excluding steroid dienone is 1. The van der Waals surface area contributed by atoms with E-state index >= 15 is 0 Å². The number of urea groups is 1. The van der Waals surface area contributed by atoms with Crippen molar-refractivity contribution in [3.63, 3.8) is 0 Å². The van der Waals surface area contributed by atoms with E-state index in [0.29, 0.717) is 28.6 Å². The maximum atomic E-state index is 13.2. The summed E-state index contributed by atoms with van der Waals surface area (Å²) in [5.41, 5.74) is 3.47. The van der Waals surface area contributed by atoms with E-state index in [9.17, 15) is 14.4 Å². The van der Waals surface area contributed by atoms with Crippen LogP contribution in [0.3, 0.4) is 0 Å². The molecule has 1 saturated heterocycles. The lowest BCUT2D eigenvalue weighted by Crippen LogP contribution is -2.54. The molecule has 0 radical (unpaired) electrons. The van der Waals surface area contributed by atoms with Crippen molar-refractivity contribution in [2.75, 3.05) is 23.5 Å².